The molecule has 2 amide bonds. The lowest BCUT2D eigenvalue weighted by Gasteiger charge is -2.33. The van der Waals surface area contributed by atoms with Crippen LogP contribution in [0.3, 0.4) is 0 Å². The molecule has 6 nitrogen and oxygen atoms in total. The Morgan fingerprint density at radius 1 is 1.26 bits per heavy atom. The summed E-state index contributed by atoms with van der Waals surface area (Å²) in [6.07, 6.45) is -0.287. The first-order valence-corrected chi connectivity index (χ1v) is 7.65. The molecule has 1 saturated heterocycles. The molecule has 1 aliphatic heterocycles. The van der Waals surface area contributed by atoms with E-state index in [1.807, 2.05) is 4.90 Å². The molecule has 0 spiro atoms. The molecule has 23 heavy (non-hydrogen) atoms. The number of benzene rings is 1. The molecule has 1 aliphatic rings. The van der Waals surface area contributed by atoms with E-state index in [2.05, 4.69) is 5.32 Å². The Kier molecular flexibility index (Phi) is 8.16. The molecular formula is C15H21Cl2N3O3. The van der Waals surface area contributed by atoms with Crippen molar-refractivity contribution in [3.8, 4) is 0 Å². The maximum atomic E-state index is 12.0. The van der Waals surface area contributed by atoms with E-state index >= 15 is 0 Å². The van der Waals surface area contributed by atoms with E-state index in [-0.39, 0.29) is 24.4 Å². The minimum absolute atomic E-state index is 0. The highest BCUT2D eigenvalue weighted by Gasteiger charge is 2.23. The molecule has 1 aromatic carbocycles. The Morgan fingerprint density at radius 3 is 2.57 bits per heavy atom. The van der Waals surface area contributed by atoms with Gasteiger partial charge in [0.25, 0.3) is 0 Å². The summed E-state index contributed by atoms with van der Waals surface area (Å²) in [4.78, 5) is 27.3. The number of carbonyl (C=O) groups excluding carboxylic acids is 2. The van der Waals surface area contributed by atoms with Crippen LogP contribution >= 0.6 is 24.0 Å². The maximum absolute atomic E-state index is 12.0. The molecule has 2 rings (SSSR count). The Hall–Kier alpha value is -1.50. The second kappa shape index (κ2) is 9.60. The van der Waals surface area contributed by atoms with E-state index in [0.717, 1.165) is 0 Å². The summed E-state index contributed by atoms with van der Waals surface area (Å²) in [6, 6.07) is 7.04. The zero-order valence-electron chi connectivity index (χ0n) is 13.0. The molecule has 0 bridgehead atoms. The highest BCUT2D eigenvalue weighted by Crippen LogP contribution is 2.15. The summed E-state index contributed by atoms with van der Waals surface area (Å²) in [7, 11) is 0. The van der Waals surface area contributed by atoms with Gasteiger partial charge in [0.15, 0.2) is 0 Å². The van der Waals surface area contributed by atoms with Crippen molar-refractivity contribution < 1.29 is 14.3 Å². The van der Waals surface area contributed by atoms with Gasteiger partial charge in [-0.25, -0.2) is 4.79 Å². The van der Waals surface area contributed by atoms with E-state index in [4.69, 9.17) is 16.3 Å². The average Bonchev–Trinajstić information content (AvgIpc) is 2.48. The summed E-state index contributed by atoms with van der Waals surface area (Å²) in [6.45, 7) is 4.91. The number of halogens is 2. The highest BCUT2D eigenvalue weighted by molar-refractivity contribution is 6.30. The molecule has 8 heteroatoms. The second-order valence-electron chi connectivity index (χ2n) is 5.02. The molecule has 0 atom stereocenters. The summed E-state index contributed by atoms with van der Waals surface area (Å²) in [5.74, 6) is -0.0909. The minimum atomic E-state index is -0.287. The van der Waals surface area contributed by atoms with E-state index in [1.54, 1.807) is 36.1 Å². The van der Waals surface area contributed by atoms with E-state index in [1.165, 1.54) is 0 Å². The Labute approximate surface area is 147 Å². The van der Waals surface area contributed by atoms with E-state index in [0.29, 0.717) is 50.0 Å². The van der Waals surface area contributed by atoms with Crippen molar-refractivity contribution in [1.82, 2.24) is 9.80 Å². The normalized spacial score (nSPS) is 14.8. The standard InChI is InChI=1S/C15H20ClN3O3.ClH/c1-2-22-15(21)19-8-6-18(7-9-19)11-14(20)17-13-5-3-4-12(16)10-13;/h3-5,10H,2,6-9,11H2,1H3,(H,17,20);1H. The third kappa shape index (κ3) is 6.25. The van der Waals surface area contributed by atoms with Crippen molar-refractivity contribution in [1.29, 1.82) is 0 Å². The Morgan fingerprint density at radius 2 is 1.96 bits per heavy atom. The molecule has 0 aliphatic carbocycles. The van der Waals surface area contributed by atoms with E-state index in [9.17, 15) is 9.59 Å². The molecular weight excluding hydrogens is 341 g/mol. The van der Waals surface area contributed by atoms with Crippen LogP contribution in [-0.4, -0.2) is 61.1 Å². The fourth-order valence-electron chi connectivity index (χ4n) is 2.27. The van der Waals surface area contributed by atoms with Gasteiger partial charge < -0.3 is 15.0 Å². The first-order valence-electron chi connectivity index (χ1n) is 7.28. The minimum Gasteiger partial charge on any atom is -0.450 e. The number of rotatable bonds is 4. The van der Waals surface area contributed by atoms with Crippen LogP contribution in [0.25, 0.3) is 0 Å². The molecule has 128 valence electrons. The number of nitrogens with one attached hydrogen (secondary N) is 1. The lowest BCUT2D eigenvalue weighted by atomic mass is 10.3. The van der Waals surface area contributed by atoms with Gasteiger partial charge in [-0.1, -0.05) is 17.7 Å². The van der Waals surface area contributed by atoms with Crippen molar-refractivity contribution in [2.75, 3.05) is 44.6 Å². The molecule has 1 fully saturated rings. The number of carbonyl (C=O) groups is 2. The Bertz CT molecular complexity index is 534. The first kappa shape index (κ1) is 19.5. The fraction of sp³-hybridized carbons (Fsp3) is 0.467. The monoisotopic (exact) mass is 361 g/mol. The molecule has 0 aromatic heterocycles. The van der Waals surface area contributed by atoms with Crippen LogP contribution in [0.15, 0.2) is 24.3 Å². The summed E-state index contributed by atoms with van der Waals surface area (Å²) in [5, 5.41) is 3.40. The van der Waals surface area contributed by atoms with Crippen molar-refractivity contribution >= 4 is 41.7 Å². The molecule has 1 heterocycles. The number of anilines is 1. The van der Waals surface area contributed by atoms with Crippen molar-refractivity contribution in [2.45, 2.75) is 6.92 Å². The number of hydrogen-bond acceptors (Lipinski definition) is 4. The van der Waals surface area contributed by atoms with Crippen LogP contribution < -0.4 is 5.32 Å². The summed E-state index contributed by atoms with van der Waals surface area (Å²) >= 11 is 5.88. The van der Waals surface area contributed by atoms with Gasteiger partial charge in [-0.3, -0.25) is 9.69 Å². The highest BCUT2D eigenvalue weighted by atomic mass is 35.5. The first-order chi connectivity index (χ1) is 10.6. The van der Waals surface area contributed by atoms with Crippen LogP contribution in [-0.2, 0) is 9.53 Å². The molecule has 1 N–H and O–H groups in total. The topological polar surface area (TPSA) is 61.9 Å². The fourth-order valence-corrected chi connectivity index (χ4v) is 2.46. The van der Waals surface area contributed by atoms with Crippen LogP contribution in [0.2, 0.25) is 5.02 Å². The van der Waals surface area contributed by atoms with Crippen molar-refractivity contribution in [3.63, 3.8) is 0 Å². The molecule has 0 saturated carbocycles. The van der Waals surface area contributed by atoms with Gasteiger partial charge in [-0.2, -0.15) is 0 Å². The predicted octanol–water partition coefficient (Wildman–Crippen LogP) is 2.47. The van der Waals surface area contributed by atoms with Crippen LogP contribution in [0.1, 0.15) is 6.92 Å². The number of piperazine rings is 1. The Balaban J connectivity index is 0.00000264. The number of amides is 2. The number of nitrogens with zero attached hydrogens (tertiary/aromatic N) is 2. The second-order valence-corrected chi connectivity index (χ2v) is 5.46. The maximum Gasteiger partial charge on any atom is 0.409 e. The lowest BCUT2D eigenvalue weighted by molar-refractivity contribution is -0.117. The number of ether oxygens (including phenoxy) is 1. The van der Waals surface area contributed by atoms with Gasteiger partial charge >= 0.3 is 6.09 Å². The number of hydrogen-bond donors (Lipinski definition) is 1. The zero-order valence-corrected chi connectivity index (χ0v) is 14.5. The summed E-state index contributed by atoms with van der Waals surface area (Å²) in [5.41, 5.74) is 0.683. The van der Waals surface area contributed by atoms with Crippen molar-refractivity contribution in [3.05, 3.63) is 29.3 Å². The predicted molar refractivity (Wildman–Crippen MR) is 92.4 cm³/mol. The molecule has 0 unspecified atom stereocenters. The van der Waals surface area contributed by atoms with Crippen LogP contribution in [0.5, 0.6) is 0 Å². The van der Waals surface area contributed by atoms with Gasteiger partial charge in [-0.15, -0.1) is 12.4 Å². The molecule has 1 aromatic rings. The summed E-state index contributed by atoms with van der Waals surface area (Å²) < 4.78 is 4.96. The third-order valence-electron chi connectivity index (χ3n) is 3.37. The lowest BCUT2D eigenvalue weighted by Crippen LogP contribution is -2.50. The molecule has 0 radical (unpaired) electrons. The van der Waals surface area contributed by atoms with Crippen molar-refractivity contribution in [2.24, 2.45) is 0 Å². The van der Waals surface area contributed by atoms with Gasteiger partial charge in [-0.05, 0) is 25.1 Å². The third-order valence-corrected chi connectivity index (χ3v) is 3.61. The van der Waals surface area contributed by atoms with Crippen LogP contribution in [0.4, 0.5) is 10.5 Å². The largest absolute Gasteiger partial charge is 0.450 e. The van der Waals surface area contributed by atoms with Gasteiger partial charge in [0.1, 0.15) is 0 Å². The SMILES string of the molecule is CCOC(=O)N1CCN(CC(=O)Nc2cccc(Cl)c2)CC1.Cl. The smallest absolute Gasteiger partial charge is 0.409 e. The zero-order chi connectivity index (χ0) is 15.9. The average molecular weight is 362 g/mol. The quantitative estimate of drug-likeness (QED) is 0.894. The van der Waals surface area contributed by atoms with Gasteiger partial charge in [0.2, 0.25) is 5.91 Å². The van der Waals surface area contributed by atoms with Gasteiger partial charge in [0, 0.05) is 36.9 Å². The van der Waals surface area contributed by atoms with E-state index < -0.39 is 0 Å². The van der Waals surface area contributed by atoms with Crippen LogP contribution in [0, 0.1) is 0 Å². The van der Waals surface area contributed by atoms with Gasteiger partial charge in [0.05, 0.1) is 13.2 Å².